The minimum Gasteiger partial charge on any atom is -0.465 e. The van der Waals surface area contributed by atoms with Crippen molar-refractivity contribution in [1.82, 2.24) is 24.8 Å². The number of aromatic nitrogens is 3. The van der Waals surface area contributed by atoms with Crippen LogP contribution >= 0.6 is 11.8 Å². The van der Waals surface area contributed by atoms with Gasteiger partial charge in [-0.1, -0.05) is 59.8 Å². The van der Waals surface area contributed by atoms with Crippen LogP contribution in [0.5, 0.6) is 0 Å². The Morgan fingerprint density at radius 2 is 1.91 bits per heavy atom. The first-order chi connectivity index (χ1) is 21.8. The van der Waals surface area contributed by atoms with E-state index in [2.05, 4.69) is 23.5 Å². The predicted molar refractivity (Wildman–Crippen MR) is 172 cm³/mol. The highest BCUT2D eigenvalue weighted by Gasteiger charge is 2.78. The lowest BCUT2D eigenvalue weighted by molar-refractivity contribution is -0.156. The van der Waals surface area contributed by atoms with Gasteiger partial charge in [0.05, 0.1) is 41.4 Å². The van der Waals surface area contributed by atoms with E-state index in [0.717, 1.165) is 17.5 Å². The monoisotopic (exact) mass is 629 g/mol. The van der Waals surface area contributed by atoms with E-state index >= 15 is 0 Å². The molecule has 3 aromatic rings. The number of unbranched alkanes of at least 4 members (excludes halogenated alkanes) is 1. The Morgan fingerprint density at radius 1 is 1.16 bits per heavy atom. The van der Waals surface area contributed by atoms with Crippen molar-refractivity contribution in [3.8, 4) is 0 Å². The van der Waals surface area contributed by atoms with Crippen molar-refractivity contribution in [2.75, 3.05) is 19.8 Å². The second-order valence-electron chi connectivity index (χ2n) is 12.2. The summed E-state index contributed by atoms with van der Waals surface area (Å²) < 4.78 is 5.98. The molecule has 0 saturated carbocycles. The van der Waals surface area contributed by atoms with Gasteiger partial charge in [0.2, 0.25) is 11.8 Å². The molecule has 10 nitrogen and oxygen atoms in total. The molecule has 6 rings (SSSR count). The Hall–Kier alpha value is -3.96. The van der Waals surface area contributed by atoms with Crippen molar-refractivity contribution in [1.29, 1.82) is 0 Å². The molecule has 2 amide bonds. The molecule has 2 unspecified atom stereocenters. The lowest BCUT2D eigenvalue weighted by atomic mass is 9.66. The van der Waals surface area contributed by atoms with Crippen LogP contribution in [0.15, 0.2) is 79.9 Å². The number of aliphatic hydroxyl groups is 1. The molecule has 2 aromatic carbocycles. The fourth-order valence-electron chi connectivity index (χ4n) is 7.59. The Morgan fingerprint density at radius 3 is 2.64 bits per heavy atom. The SMILES string of the molecule is C=CCCCOC(=O)[C@H]1[C@H]2C(=O)N([C@H](CO)c3ccccc3)C(C(=O)N(CC=C)Cn3nnc4ccccc43)C23CC[C@]1(C)S3. The van der Waals surface area contributed by atoms with Crippen LogP contribution in [-0.4, -0.2) is 83.0 Å². The molecule has 1 aromatic heterocycles. The van der Waals surface area contributed by atoms with Crippen molar-refractivity contribution in [2.24, 2.45) is 11.8 Å². The summed E-state index contributed by atoms with van der Waals surface area (Å²) in [5, 5.41) is 19.3. The highest BCUT2D eigenvalue weighted by atomic mass is 32.2. The summed E-state index contributed by atoms with van der Waals surface area (Å²) >= 11 is 1.58. The molecule has 3 saturated heterocycles. The zero-order chi connectivity index (χ0) is 31.8. The summed E-state index contributed by atoms with van der Waals surface area (Å²) in [7, 11) is 0. The highest BCUT2D eigenvalue weighted by molar-refractivity contribution is 8.02. The molecule has 0 aliphatic carbocycles. The zero-order valence-corrected chi connectivity index (χ0v) is 26.3. The first-order valence-corrected chi connectivity index (χ1v) is 16.2. The molecule has 45 heavy (non-hydrogen) atoms. The van der Waals surface area contributed by atoms with Crippen molar-refractivity contribution in [2.45, 2.75) is 60.9 Å². The molecule has 1 N–H and O–H groups in total. The van der Waals surface area contributed by atoms with E-state index in [0.29, 0.717) is 24.8 Å². The van der Waals surface area contributed by atoms with Crippen LogP contribution in [0.4, 0.5) is 0 Å². The van der Waals surface area contributed by atoms with Crippen LogP contribution < -0.4 is 0 Å². The van der Waals surface area contributed by atoms with Gasteiger partial charge in [-0.05, 0) is 50.3 Å². The molecule has 1 spiro atoms. The molecule has 3 aliphatic heterocycles. The number of nitrogens with zero attached hydrogens (tertiary/aromatic N) is 5. The Balaban J connectivity index is 1.42. The molecule has 2 bridgehead atoms. The summed E-state index contributed by atoms with van der Waals surface area (Å²) in [5.74, 6) is -2.46. The van der Waals surface area contributed by atoms with Crippen LogP contribution in [0.3, 0.4) is 0 Å². The van der Waals surface area contributed by atoms with Gasteiger partial charge in [-0.3, -0.25) is 14.4 Å². The van der Waals surface area contributed by atoms with E-state index in [-0.39, 0.29) is 38.2 Å². The number of hydrogen-bond acceptors (Lipinski definition) is 8. The number of ether oxygens (including phenoxy) is 1. The number of benzene rings is 2. The third-order valence-electron chi connectivity index (χ3n) is 9.58. The number of fused-ring (bicyclic) bond motifs is 2. The smallest absolute Gasteiger partial charge is 0.311 e. The standard InChI is InChI=1S/C34H39N5O5S/c1-4-6-12-20-44-32(43)28-27-30(41)39(26(21-40)23-13-8-7-9-14-23)29(34(27)18-17-33(28,3)45-34)31(42)37(19-5-2)22-38-25-16-11-10-15-24(25)35-36-38/h4-5,7-11,13-16,26-29,40H,1-2,6,12,17-22H2,3H3/t26-,27+,28-,29?,33+,34?/m1/s1. The van der Waals surface area contributed by atoms with Gasteiger partial charge in [0, 0.05) is 11.3 Å². The molecule has 0 radical (unpaired) electrons. The lowest BCUT2D eigenvalue weighted by Gasteiger charge is -2.39. The number of esters is 1. The topological polar surface area (TPSA) is 118 Å². The summed E-state index contributed by atoms with van der Waals surface area (Å²) in [6.07, 6.45) is 6.04. The second-order valence-corrected chi connectivity index (χ2v) is 14.1. The number of hydrogen-bond donors (Lipinski definition) is 1. The van der Waals surface area contributed by atoms with Crippen molar-refractivity contribution >= 4 is 40.6 Å². The van der Waals surface area contributed by atoms with Crippen molar-refractivity contribution in [3.63, 3.8) is 0 Å². The number of carbonyl (C=O) groups excluding carboxylic acids is 3. The highest BCUT2D eigenvalue weighted by Crippen LogP contribution is 2.72. The second kappa shape index (κ2) is 12.4. The lowest BCUT2D eigenvalue weighted by Crippen LogP contribution is -2.55. The first kappa shape index (κ1) is 31.0. The summed E-state index contributed by atoms with van der Waals surface area (Å²) in [4.78, 5) is 46.6. The van der Waals surface area contributed by atoms with Gasteiger partial charge in [-0.2, -0.15) is 0 Å². The number of amides is 2. The fraction of sp³-hybridized carbons (Fsp3) is 0.441. The maximum absolute atomic E-state index is 15.0. The quantitative estimate of drug-likeness (QED) is 0.170. The van der Waals surface area contributed by atoms with Crippen LogP contribution in [0, 0.1) is 11.8 Å². The maximum Gasteiger partial charge on any atom is 0.311 e. The van der Waals surface area contributed by atoms with Crippen molar-refractivity contribution < 1.29 is 24.2 Å². The van der Waals surface area contributed by atoms with E-state index in [1.54, 1.807) is 38.4 Å². The number of likely N-dealkylation sites (tertiary alicyclic amines) is 1. The molecular weight excluding hydrogens is 590 g/mol. The Labute approximate surface area is 267 Å². The van der Waals surface area contributed by atoms with E-state index < -0.39 is 39.4 Å². The molecular formula is C34H39N5O5S. The maximum atomic E-state index is 15.0. The molecule has 236 valence electrons. The zero-order valence-electron chi connectivity index (χ0n) is 25.5. The van der Waals surface area contributed by atoms with Crippen molar-refractivity contribution in [3.05, 3.63) is 85.5 Å². The third kappa shape index (κ3) is 5.15. The van der Waals surface area contributed by atoms with Crippen LogP contribution in [0.25, 0.3) is 11.0 Å². The minimum absolute atomic E-state index is 0.0937. The Bertz CT molecular complexity index is 1610. The molecule has 3 fully saturated rings. The summed E-state index contributed by atoms with van der Waals surface area (Å²) in [6, 6.07) is 15.1. The number of rotatable bonds is 13. The summed E-state index contributed by atoms with van der Waals surface area (Å²) in [5.41, 5.74) is 2.20. The number of carbonyl (C=O) groups is 3. The van der Waals surface area contributed by atoms with Gasteiger partial charge < -0.3 is 19.6 Å². The van der Waals surface area contributed by atoms with Crippen LogP contribution in [0.1, 0.15) is 44.2 Å². The fourth-order valence-corrected chi connectivity index (χ4v) is 9.91. The largest absolute Gasteiger partial charge is 0.465 e. The number of allylic oxidation sites excluding steroid dienone is 1. The minimum atomic E-state index is -0.938. The summed E-state index contributed by atoms with van der Waals surface area (Å²) in [6.45, 7) is 9.81. The van der Waals surface area contributed by atoms with Gasteiger partial charge in [0.25, 0.3) is 0 Å². The van der Waals surface area contributed by atoms with E-state index in [1.807, 2.05) is 61.5 Å². The number of thioether (sulfide) groups is 1. The molecule has 11 heteroatoms. The molecule has 4 heterocycles. The first-order valence-electron chi connectivity index (χ1n) is 15.4. The van der Waals surface area contributed by atoms with E-state index in [9.17, 15) is 19.5 Å². The average Bonchev–Trinajstić information content (AvgIpc) is 3.75. The van der Waals surface area contributed by atoms with Gasteiger partial charge in [0.1, 0.15) is 18.2 Å². The van der Waals surface area contributed by atoms with E-state index in [1.165, 1.54) is 0 Å². The molecule has 3 aliphatic rings. The van der Waals surface area contributed by atoms with Crippen LogP contribution in [-0.2, 0) is 25.8 Å². The number of aliphatic hydroxyl groups excluding tert-OH is 1. The average molecular weight is 630 g/mol. The van der Waals surface area contributed by atoms with E-state index in [4.69, 9.17) is 4.74 Å². The number of para-hydroxylation sites is 1. The third-order valence-corrected chi connectivity index (χ3v) is 11.6. The van der Waals surface area contributed by atoms with Gasteiger partial charge in [-0.15, -0.1) is 30.0 Å². The van der Waals surface area contributed by atoms with Crippen LogP contribution in [0.2, 0.25) is 0 Å². The van der Waals surface area contributed by atoms with Gasteiger partial charge >= 0.3 is 5.97 Å². The normalized spacial score (nSPS) is 27.4. The van der Waals surface area contributed by atoms with Gasteiger partial charge in [-0.25, -0.2) is 4.68 Å². The predicted octanol–water partition coefficient (Wildman–Crippen LogP) is 4.13. The molecule has 6 atom stereocenters. The Kier molecular flexibility index (Phi) is 8.58. The van der Waals surface area contributed by atoms with Gasteiger partial charge in [0.15, 0.2) is 0 Å².